The first-order chi connectivity index (χ1) is 8.63. The van der Waals surface area contributed by atoms with E-state index >= 15 is 0 Å². The molecule has 0 saturated heterocycles. The fraction of sp³-hybridized carbons (Fsp3) is 0.692. The first kappa shape index (κ1) is 14.4. The molecule has 0 heterocycles. The molecule has 0 aliphatic heterocycles. The highest BCUT2D eigenvalue weighted by molar-refractivity contribution is 5.80. The van der Waals surface area contributed by atoms with Gasteiger partial charge in [0.1, 0.15) is 6.54 Å². The second-order valence-electron chi connectivity index (χ2n) is 4.63. The summed E-state index contributed by atoms with van der Waals surface area (Å²) in [5.74, 6) is 1.93. The van der Waals surface area contributed by atoms with Crippen LogP contribution < -0.4 is 5.32 Å². The second kappa shape index (κ2) is 7.59. The predicted octanol–water partition coefficient (Wildman–Crippen LogP) is 1.30. The average molecular weight is 252 g/mol. The van der Waals surface area contributed by atoms with Crippen molar-refractivity contribution in [2.75, 3.05) is 19.6 Å². The van der Waals surface area contributed by atoms with Crippen LogP contribution in [0, 0.1) is 18.3 Å². The number of amides is 2. The largest absolute Gasteiger partial charge is 0.480 e. The molecule has 1 saturated carbocycles. The van der Waals surface area contributed by atoms with Gasteiger partial charge >= 0.3 is 12.0 Å². The van der Waals surface area contributed by atoms with Crippen molar-refractivity contribution in [3.8, 4) is 12.3 Å². The van der Waals surface area contributed by atoms with Crippen LogP contribution in [0.4, 0.5) is 4.79 Å². The smallest absolute Gasteiger partial charge is 0.323 e. The molecule has 100 valence electrons. The molecule has 0 aromatic rings. The summed E-state index contributed by atoms with van der Waals surface area (Å²) in [5.41, 5.74) is 0. The van der Waals surface area contributed by atoms with Crippen LogP contribution in [-0.2, 0) is 4.79 Å². The zero-order valence-corrected chi connectivity index (χ0v) is 10.5. The zero-order chi connectivity index (χ0) is 13.4. The zero-order valence-electron chi connectivity index (χ0n) is 10.5. The lowest BCUT2D eigenvalue weighted by Gasteiger charge is -2.19. The topological polar surface area (TPSA) is 69.6 Å². The molecule has 2 N–H and O–H groups in total. The Bertz CT molecular complexity index is 330. The minimum atomic E-state index is -1.06. The van der Waals surface area contributed by atoms with E-state index in [1.807, 2.05) is 0 Å². The summed E-state index contributed by atoms with van der Waals surface area (Å²) in [7, 11) is 0. The number of carboxylic acids is 1. The SMILES string of the molecule is C#CCN(CC(=O)O)C(=O)NCCC1CCCC1. The molecule has 18 heavy (non-hydrogen) atoms. The lowest BCUT2D eigenvalue weighted by Crippen LogP contribution is -2.43. The number of urea groups is 1. The van der Waals surface area contributed by atoms with Crippen LogP contribution in [0.5, 0.6) is 0 Å². The Morgan fingerprint density at radius 3 is 2.61 bits per heavy atom. The molecule has 0 atom stereocenters. The molecular weight excluding hydrogens is 232 g/mol. The molecule has 1 aliphatic rings. The number of nitrogens with zero attached hydrogens (tertiary/aromatic N) is 1. The highest BCUT2D eigenvalue weighted by Gasteiger charge is 2.17. The number of aliphatic carboxylic acids is 1. The minimum Gasteiger partial charge on any atom is -0.480 e. The van der Waals surface area contributed by atoms with Gasteiger partial charge in [0.2, 0.25) is 0 Å². The Morgan fingerprint density at radius 2 is 2.06 bits per heavy atom. The fourth-order valence-electron chi connectivity index (χ4n) is 2.27. The molecule has 2 amide bonds. The fourth-order valence-corrected chi connectivity index (χ4v) is 2.27. The van der Waals surface area contributed by atoms with Crippen molar-refractivity contribution in [1.82, 2.24) is 10.2 Å². The van der Waals surface area contributed by atoms with Crippen molar-refractivity contribution in [2.24, 2.45) is 5.92 Å². The number of hydrogen-bond donors (Lipinski definition) is 2. The van der Waals surface area contributed by atoms with Gasteiger partial charge in [-0.25, -0.2) is 4.79 Å². The van der Waals surface area contributed by atoms with Gasteiger partial charge in [0.05, 0.1) is 6.54 Å². The van der Waals surface area contributed by atoms with Gasteiger partial charge < -0.3 is 15.3 Å². The monoisotopic (exact) mass is 252 g/mol. The molecule has 1 fully saturated rings. The van der Waals surface area contributed by atoms with Crippen molar-refractivity contribution >= 4 is 12.0 Å². The molecule has 1 rings (SSSR count). The maximum Gasteiger partial charge on any atom is 0.323 e. The van der Waals surface area contributed by atoms with Crippen molar-refractivity contribution in [1.29, 1.82) is 0 Å². The van der Waals surface area contributed by atoms with Gasteiger partial charge in [-0.1, -0.05) is 31.6 Å². The van der Waals surface area contributed by atoms with Gasteiger partial charge in [-0.15, -0.1) is 6.42 Å². The highest BCUT2D eigenvalue weighted by Crippen LogP contribution is 2.26. The van der Waals surface area contributed by atoms with Crippen LogP contribution >= 0.6 is 0 Å². The lowest BCUT2D eigenvalue weighted by molar-refractivity contribution is -0.137. The van der Waals surface area contributed by atoms with Gasteiger partial charge in [-0.3, -0.25) is 4.79 Å². The third-order valence-electron chi connectivity index (χ3n) is 3.20. The van der Waals surface area contributed by atoms with E-state index in [0.29, 0.717) is 12.5 Å². The maximum atomic E-state index is 11.7. The van der Waals surface area contributed by atoms with E-state index in [0.717, 1.165) is 11.3 Å². The van der Waals surface area contributed by atoms with Crippen LogP contribution in [-0.4, -0.2) is 41.6 Å². The van der Waals surface area contributed by atoms with Crippen LogP contribution in [0.25, 0.3) is 0 Å². The summed E-state index contributed by atoms with van der Waals surface area (Å²) in [4.78, 5) is 23.4. The molecular formula is C13H20N2O3. The molecule has 0 unspecified atom stereocenters. The third kappa shape index (κ3) is 5.09. The van der Waals surface area contributed by atoms with Crippen molar-refractivity contribution in [3.63, 3.8) is 0 Å². The maximum absolute atomic E-state index is 11.7. The van der Waals surface area contributed by atoms with E-state index in [-0.39, 0.29) is 13.1 Å². The molecule has 1 aliphatic carbocycles. The Kier molecular flexibility index (Phi) is 6.06. The molecule has 0 spiro atoms. The minimum absolute atomic E-state index is 0.0154. The normalized spacial score (nSPS) is 15.1. The Hall–Kier alpha value is -1.70. The third-order valence-corrected chi connectivity index (χ3v) is 3.20. The molecule has 0 aromatic carbocycles. The number of terminal acetylenes is 1. The summed E-state index contributed by atoms with van der Waals surface area (Å²) >= 11 is 0. The van der Waals surface area contributed by atoms with E-state index in [1.165, 1.54) is 25.7 Å². The molecule has 5 nitrogen and oxygen atoms in total. The van der Waals surface area contributed by atoms with Crippen molar-refractivity contribution in [2.45, 2.75) is 32.1 Å². The van der Waals surface area contributed by atoms with Crippen molar-refractivity contribution < 1.29 is 14.7 Å². The van der Waals surface area contributed by atoms with Crippen LogP contribution in [0.3, 0.4) is 0 Å². The summed E-state index contributed by atoms with van der Waals surface area (Å²) in [6.45, 7) is 0.241. The van der Waals surface area contributed by atoms with Gasteiger partial charge in [0.25, 0.3) is 0 Å². The van der Waals surface area contributed by atoms with Crippen LogP contribution in [0.2, 0.25) is 0 Å². The molecule has 0 bridgehead atoms. The van der Waals surface area contributed by atoms with E-state index in [1.54, 1.807) is 0 Å². The second-order valence-corrected chi connectivity index (χ2v) is 4.63. The standard InChI is InChI=1S/C13H20N2O3/c1-2-9-15(10-12(16)17)13(18)14-8-7-11-5-3-4-6-11/h1,11H,3-10H2,(H,14,18)(H,16,17). The summed E-state index contributed by atoms with van der Waals surface area (Å²) in [6.07, 6.45) is 11.1. The van der Waals surface area contributed by atoms with Crippen molar-refractivity contribution in [3.05, 3.63) is 0 Å². The Balaban J connectivity index is 2.27. The van der Waals surface area contributed by atoms with Gasteiger partial charge in [0.15, 0.2) is 0 Å². The highest BCUT2D eigenvalue weighted by atomic mass is 16.4. The Labute approximate surface area is 108 Å². The number of carbonyl (C=O) groups is 2. The number of hydrogen-bond acceptors (Lipinski definition) is 2. The summed E-state index contributed by atoms with van der Waals surface area (Å²) in [5, 5.41) is 11.4. The molecule has 5 heteroatoms. The van der Waals surface area contributed by atoms with Crippen LogP contribution in [0.1, 0.15) is 32.1 Å². The summed E-state index contributed by atoms with van der Waals surface area (Å²) < 4.78 is 0. The van der Waals surface area contributed by atoms with Gasteiger partial charge in [0, 0.05) is 6.54 Å². The summed E-state index contributed by atoms with van der Waals surface area (Å²) in [6, 6.07) is -0.395. The lowest BCUT2D eigenvalue weighted by atomic mass is 10.0. The van der Waals surface area contributed by atoms with Crippen LogP contribution in [0.15, 0.2) is 0 Å². The molecule has 0 aromatic heterocycles. The quantitative estimate of drug-likeness (QED) is 0.700. The number of nitrogens with one attached hydrogen (secondary N) is 1. The number of carbonyl (C=O) groups excluding carboxylic acids is 1. The Morgan fingerprint density at radius 1 is 1.39 bits per heavy atom. The predicted molar refractivity (Wildman–Crippen MR) is 68.0 cm³/mol. The van der Waals surface area contributed by atoms with Gasteiger partial charge in [-0.05, 0) is 12.3 Å². The van der Waals surface area contributed by atoms with E-state index in [9.17, 15) is 9.59 Å². The van der Waals surface area contributed by atoms with E-state index in [2.05, 4.69) is 11.2 Å². The van der Waals surface area contributed by atoms with Gasteiger partial charge in [-0.2, -0.15) is 0 Å². The first-order valence-corrected chi connectivity index (χ1v) is 6.31. The van der Waals surface area contributed by atoms with E-state index < -0.39 is 12.0 Å². The first-order valence-electron chi connectivity index (χ1n) is 6.31. The van der Waals surface area contributed by atoms with E-state index in [4.69, 9.17) is 11.5 Å². The number of rotatable bonds is 6. The molecule has 0 radical (unpaired) electrons. The average Bonchev–Trinajstić information content (AvgIpc) is 2.81. The number of carboxylic acid groups (broad SMARTS) is 1.